The summed E-state index contributed by atoms with van der Waals surface area (Å²) in [5.41, 5.74) is 7.74. The highest BCUT2D eigenvalue weighted by Gasteiger charge is 2.16. The number of anilines is 1. The molecule has 0 aliphatic carbocycles. The van der Waals surface area contributed by atoms with Crippen LogP contribution < -0.4 is 11.1 Å². The third kappa shape index (κ3) is 4.65. The molecule has 0 fully saturated rings. The first-order valence-corrected chi connectivity index (χ1v) is 8.58. The lowest BCUT2D eigenvalue weighted by Crippen LogP contribution is -2.12. The lowest BCUT2D eigenvalue weighted by molar-refractivity contribution is 0.102. The number of carbonyl (C=O) groups is 1. The number of rotatable bonds is 5. The highest BCUT2D eigenvalue weighted by molar-refractivity contribution is 6.37. The molecule has 2 aromatic carbocycles. The highest BCUT2D eigenvalue weighted by atomic mass is 35.5. The van der Waals surface area contributed by atoms with Crippen molar-refractivity contribution in [3.05, 3.63) is 63.6 Å². The summed E-state index contributed by atoms with van der Waals surface area (Å²) in [6, 6.07) is 12.8. The Balaban J connectivity index is 1.57. The number of aliphatic imine (C=N–C) groups is 1. The molecule has 1 aliphatic rings. The molecule has 0 saturated heterocycles. The van der Waals surface area contributed by atoms with E-state index in [0.717, 1.165) is 18.4 Å². The molecular weight excluding hydrogens is 361 g/mol. The standard InChI is InChI=1S/C18H17Cl2N3O2/c19-12-4-8-15(16(20)9-12)17(24)22-13-5-1-11(2-6-13)3-7-14-10-25-18(21)23-14/h1-2,4-6,8-9,14H,3,7,10H2,(H2,21,23)(H,22,24). The minimum Gasteiger partial charge on any atom is -0.463 e. The van der Waals surface area contributed by atoms with Gasteiger partial charge in [-0.15, -0.1) is 0 Å². The maximum absolute atomic E-state index is 12.3. The molecule has 1 aliphatic heterocycles. The maximum atomic E-state index is 12.3. The number of amidine groups is 1. The van der Waals surface area contributed by atoms with Gasteiger partial charge in [0.25, 0.3) is 11.9 Å². The van der Waals surface area contributed by atoms with Gasteiger partial charge in [0.05, 0.1) is 16.6 Å². The van der Waals surface area contributed by atoms with Crippen molar-refractivity contribution in [1.29, 1.82) is 0 Å². The second kappa shape index (κ2) is 7.76. The molecule has 3 N–H and O–H groups in total. The summed E-state index contributed by atoms with van der Waals surface area (Å²) in [6.45, 7) is 0.543. The van der Waals surface area contributed by atoms with Gasteiger partial charge in [-0.05, 0) is 48.7 Å². The molecule has 0 radical (unpaired) electrons. The lowest BCUT2D eigenvalue weighted by Gasteiger charge is -2.09. The third-order valence-corrected chi connectivity index (χ3v) is 4.44. The van der Waals surface area contributed by atoms with E-state index in [4.69, 9.17) is 33.7 Å². The minimum absolute atomic E-state index is 0.117. The Hall–Kier alpha value is -2.24. The Kier molecular flexibility index (Phi) is 5.46. The zero-order chi connectivity index (χ0) is 17.8. The van der Waals surface area contributed by atoms with Crippen LogP contribution in [0.25, 0.3) is 0 Å². The monoisotopic (exact) mass is 377 g/mol. The van der Waals surface area contributed by atoms with E-state index in [-0.39, 0.29) is 18.0 Å². The van der Waals surface area contributed by atoms with Crippen molar-refractivity contribution in [1.82, 2.24) is 0 Å². The smallest absolute Gasteiger partial charge is 0.282 e. The summed E-state index contributed by atoms with van der Waals surface area (Å²) in [7, 11) is 0. The Morgan fingerprint density at radius 1 is 1.24 bits per heavy atom. The van der Waals surface area contributed by atoms with Gasteiger partial charge < -0.3 is 15.8 Å². The van der Waals surface area contributed by atoms with Crippen LogP contribution in [0.1, 0.15) is 22.3 Å². The topological polar surface area (TPSA) is 76.7 Å². The number of aryl methyl sites for hydroxylation is 1. The highest BCUT2D eigenvalue weighted by Crippen LogP contribution is 2.22. The fraction of sp³-hybridized carbons (Fsp3) is 0.222. The summed E-state index contributed by atoms with van der Waals surface area (Å²) >= 11 is 11.9. The minimum atomic E-state index is -0.276. The summed E-state index contributed by atoms with van der Waals surface area (Å²) in [4.78, 5) is 16.5. The number of nitrogens with one attached hydrogen (secondary N) is 1. The van der Waals surface area contributed by atoms with E-state index in [1.165, 1.54) is 0 Å². The number of nitrogens with two attached hydrogens (primary N) is 1. The van der Waals surface area contributed by atoms with E-state index in [2.05, 4.69) is 10.3 Å². The van der Waals surface area contributed by atoms with Crippen LogP contribution in [0.3, 0.4) is 0 Å². The number of hydrogen-bond acceptors (Lipinski definition) is 4. The van der Waals surface area contributed by atoms with Gasteiger partial charge in [0.15, 0.2) is 0 Å². The van der Waals surface area contributed by atoms with Crippen molar-refractivity contribution in [2.24, 2.45) is 10.7 Å². The summed E-state index contributed by atoms with van der Waals surface area (Å²) in [6.07, 6.45) is 1.73. The number of benzene rings is 2. The molecule has 0 saturated carbocycles. The normalized spacial score (nSPS) is 16.2. The van der Waals surface area contributed by atoms with Crippen LogP contribution in [0.5, 0.6) is 0 Å². The van der Waals surface area contributed by atoms with Gasteiger partial charge in [0.2, 0.25) is 0 Å². The lowest BCUT2D eigenvalue weighted by atomic mass is 10.1. The summed E-state index contributed by atoms with van der Waals surface area (Å²) in [5.74, 6) is -0.276. The van der Waals surface area contributed by atoms with Gasteiger partial charge in [0, 0.05) is 10.7 Å². The van der Waals surface area contributed by atoms with Crippen molar-refractivity contribution < 1.29 is 9.53 Å². The quantitative estimate of drug-likeness (QED) is 0.829. The molecule has 5 nitrogen and oxygen atoms in total. The largest absolute Gasteiger partial charge is 0.463 e. The first-order valence-electron chi connectivity index (χ1n) is 7.82. The molecule has 0 spiro atoms. The predicted molar refractivity (Wildman–Crippen MR) is 101 cm³/mol. The number of ether oxygens (including phenoxy) is 1. The Bertz CT molecular complexity index is 806. The van der Waals surface area contributed by atoms with E-state index in [1.807, 2.05) is 24.3 Å². The van der Waals surface area contributed by atoms with Crippen LogP contribution in [-0.2, 0) is 11.2 Å². The third-order valence-electron chi connectivity index (χ3n) is 3.89. The molecule has 1 amide bonds. The van der Waals surface area contributed by atoms with E-state index in [1.54, 1.807) is 18.2 Å². The van der Waals surface area contributed by atoms with E-state index in [9.17, 15) is 4.79 Å². The van der Waals surface area contributed by atoms with Crippen LogP contribution in [-0.4, -0.2) is 24.6 Å². The van der Waals surface area contributed by atoms with Gasteiger partial charge in [0.1, 0.15) is 6.61 Å². The molecule has 0 aromatic heterocycles. The van der Waals surface area contributed by atoms with E-state index in [0.29, 0.717) is 27.9 Å². The van der Waals surface area contributed by atoms with Gasteiger partial charge in [-0.25, -0.2) is 4.99 Å². The SMILES string of the molecule is NC1=NC(CCc2ccc(NC(=O)c3ccc(Cl)cc3Cl)cc2)CO1. The van der Waals surface area contributed by atoms with Gasteiger partial charge in [-0.3, -0.25) is 4.79 Å². The molecular formula is C18H17Cl2N3O2. The molecule has 0 bridgehead atoms. The molecule has 25 heavy (non-hydrogen) atoms. The fourth-order valence-corrected chi connectivity index (χ4v) is 3.04. The first kappa shape index (κ1) is 17.6. The van der Waals surface area contributed by atoms with Crippen molar-refractivity contribution in [3.63, 3.8) is 0 Å². The average molecular weight is 378 g/mol. The van der Waals surface area contributed by atoms with Gasteiger partial charge in [-0.1, -0.05) is 35.3 Å². The Labute approximate surface area is 155 Å². The molecule has 1 atom stereocenters. The van der Waals surface area contributed by atoms with Gasteiger partial charge in [-0.2, -0.15) is 0 Å². The van der Waals surface area contributed by atoms with Crippen LogP contribution >= 0.6 is 23.2 Å². The first-order chi connectivity index (χ1) is 12.0. The van der Waals surface area contributed by atoms with Crippen LogP contribution in [0.4, 0.5) is 5.69 Å². The predicted octanol–water partition coefficient (Wildman–Crippen LogP) is 3.89. The molecule has 2 aromatic rings. The summed E-state index contributed by atoms with van der Waals surface area (Å²) < 4.78 is 5.14. The molecule has 3 rings (SSSR count). The molecule has 7 heteroatoms. The van der Waals surface area contributed by atoms with Crippen LogP contribution in [0, 0.1) is 0 Å². The second-order valence-corrected chi connectivity index (χ2v) is 6.59. The fourth-order valence-electron chi connectivity index (χ4n) is 2.54. The number of hydrogen-bond donors (Lipinski definition) is 2. The molecule has 1 heterocycles. The maximum Gasteiger partial charge on any atom is 0.282 e. The van der Waals surface area contributed by atoms with Crippen molar-refractivity contribution in [3.8, 4) is 0 Å². The Morgan fingerprint density at radius 3 is 2.64 bits per heavy atom. The second-order valence-electron chi connectivity index (χ2n) is 5.75. The number of amides is 1. The zero-order valence-corrected chi connectivity index (χ0v) is 14.8. The van der Waals surface area contributed by atoms with E-state index >= 15 is 0 Å². The van der Waals surface area contributed by atoms with Crippen molar-refractivity contribution in [2.45, 2.75) is 18.9 Å². The summed E-state index contributed by atoms with van der Waals surface area (Å²) in [5, 5.41) is 3.63. The van der Waals surface area contributed by atoms with Crippen LogP contribution in [0.2, 0.25) is 10.0 Å². The number of carbonyl (C=O) groups excluding carboxylic acids is 1. The van der Waals surface area contributed by atoms with Crippen molar-refractivity contribution in [2.75, 3.05) is 11.9 Å². The Morgan fingerprint density at radius 2 is 2.00 bits per heavy atom. The van der Waals surface area contributed by atoms with Crippen molar-refractivity contribution >= 4 is 40.8 Å². The van der Waals surface area contributed by atoms with E-state index < -0.39 is 0 Å². The number of nitrogens with zero attached hydrogens (tertiary/aromatic N) is 1. The zero-order valence-electron chi connectivity index (χ0n) is 13.3. The van der Waals surface area contributed by atoms with Gasteiger partial charge >= 0.3 is 0 Å². The average Bonchev–Trinajstić information content (AvgIpc) is 2.99. The number of halogens is 2. The molecule has 1 unspecified atom stereocenters. The van der Waals surface area contributed by atoms with Crippen LogP contribution in [0.15, 0.2) is 47.5 Å². The molecule has 130 valence electrons.